The van der Waals surface area contributed by atoms with Crippen molar-refractivity contribution >= 4 is 16.6 Å². The molecule has 2 aromatic rings. The van der Waals surface area contributed by atoms with Crippen molar-refractivity contribution in [3.63, 3.8) is 0 Å². The molecule has 0 radical (unpaired) electrons. The second-order valence-corrected chi connectivity index (χ2v) is 5.93. The van der Waals surface area contributed by atoms with E-state index in [1.54, 1.807) is 7.11 Å². The monoisotopic (exact) mass is 284 g/mol. The van der Waals surface area contributed by atoms with E-state index >= 15 is 0 Å². The van der Waals surface area contributed by atoms with Gasteiger partial charge in [-0.15, -0.1) is 0 Å². The molecule has 1 saturated carbocycles. The van der Waals surface area contributed by atoms with Gasteiger partial charge in [0.25, 0.3) is 0 Å². The Bertz CT molecular complexity index is 654. The van der Waals surface area contributed by atoms with Crippen molar-refractivity contribution in [2.45, 2.75) is 31.4 Å². The van der Waals surface area contributed by atoms with E-state index in [4.69, 9.17) is 9.47 Å². The Morgan fingerprint density at radius 2 is 2.10 bits per heavy atom. The molecule has 21 heavy (non-hydrogen) atoms. The normalized spacial score (nSPS) is 25.2. The third kappa shape index (κ3) is 2.33. The van der Waals surface area contributed by atoms with Gasteiger partial charge in [0, 0.05) is 23.6 Å². The minimum atomic E-state index is 0.354. The molecule has 2 aliphatic rings. The van der Waals surface area contributed by atoms with E-state index in [1.807, 2.05) is 24.4 Å². The molecule has 4 heteroatoms. The fourth-order valence-corrected chi connectivity index (χ4v) is 3.30. The lowest BCUT2D eigenvalue weighted by Gasteiger charge is -2.21. The van der Waals surface area contributed by atoms with Crippen LogP contribution in [-0.4, -0.2) is 30.8 Å². The summed E-state index contributed by atoms with van der Waals surface area (Å²) in [5.74, 6) is 2.57. The van der Waals surface area contributed by atoms with Gasteiger partial charge in [0.05, 0.1) is 19.3 Å². The molecule has 1 aromatic carbocycles. The van der Waals surface area contributed by atoms with Gasteiger partial charge in [0.2, 0.25) is 0 Å². The minimum absolute atomic E-state index is 0.354. The summed E-state index contributed by atoms with van der Waals surface area (Å²) in [5, 5.41) is 5.82. The summed E-state index contributed by atoms with van der Waals surface area (Å²) in [6.07, 6.45) is 5.87. The maximum Gasteiger partial charge on any atom is 0.134 e. The lowest BCUT2D eigenvalue weighted by atomic mass is 10.1. The van der Waals surface area contributed by atoms with Gasteiger partial charge < -0.3 is 14.8 Å². The lowest BCUT2D eigenvalue weighted by Crippen LogP contribution is -2.31. The summed E-state index contributed by atoms with van der Waals surface area (Å²) in [7, 11) is 1.70. The summed E-state index contributed by atoms with van der Waals surface area (Å²) in [6, 6.07) is 8.47. The van der Waals surface area contributed by atoms with Gasteiger partial charge in [-0.05, 0) is 37.3 Å². The van der Waals surface area contributed by atoms with E-state index in [-0.39, 0.29) is 0 Å². The molecule has 2 atom stereocenters. The Hall–Kier alpha value is -1.81. The van der Waals surface area contributed by atoms with Crippen molar-refractivity contribution in [3.05, 3.63) is 30.5 Å². The number of ether oxygens (including phenoxy) is 2. The van der Waals surface area contributed by atoms with Crippen LogP contribution in [0.2, 0.25) is 0 Å². The molecule has 4 nitrogen and oxygen atoms in total. The molecular weight excluding hydrogens is 264 g/mol. The van der Waals surface area contributed by atoms with Gasteiger partial charge >= 0.3 is 0 Å². The topological polar surface area (TPSA) is 43.4 Å². The highest BCUT2D eigenvalue weighted by atomic mass is 16.5. The first-order chi connectivity index (χ1) is 10.4. The second kappa shape index (κ2) is 5.19. The molecule has 0 spiro atoms. The molecule has 110 valence electrons. The van der Waals surface area contributed by atoms with Crippen LogP contribution >= 0.6 is 0 Å². The van der Waals surface area contributed by atoms with Crippen molar-refractivity contribution in [3.8, 4) is 5.75 Å². The van der Waals surface area contributed by atoms with E-state index in [1.165, 1.54) is 12.8 Å². The van der Waals surface area contributed by atoms with Gasteiger partial charge in [0.1, 0.15) is 11.6 Å². The number of nitrogens with one attached hydrogen (secondary N) is 1. The minimum Gasteiger partial charge on any atom is -0.496 e. The number of pyridine rings is 1. The van der Waals surface area contributed by atoms with Gasteiger partial charge in [-0.25, -0.2) is 4.98 Å². The first kappa shape index (κ1) is 12.9. The number of anilines is 1. The van der Waals surface area contributed by atoms with Crippen LogP contribution in [0, 0.1) is 5.92 Å². The molecule has 2 fully saturated rings. The average Bonchev–Trinajstić information content (AvgIpc) is 3.27. The average molecular weight is 284 g/mol. The summed E-state index contributed by atoms with van der Waals surface area (Å²) < 4.78 is 11.3. The highest BCUT2D eigenvalue weighted by molar-refractivity contribution is 5.95. The number of aromatic nitrogens is 1. The van der Waals surface area contributed by atoms with E-state index in [2.05, 4.69) is 16.4 Å². The molecule has 2 heterocycles. The van der Waals surface area contributed by atoms with Crippen molar-refractivity contribution in [1.29, 1.82) is 0 Å². The maximum atomic E-state index is 5.90. The predicted molar refractivity (Wildman–Crippen MR) is 82.8 cm³/mol. The van der Waals surface area contributed by atoms with Gasteiger partial charge in [-0.1, -0.05) is 12.1 Å². The molecular formula is C17H20N2O2. The largest absolute Gasteiger partial charge is 0.496 e. The first-order valence-electron chi connectivity index (χ1n) is 7.66. The van der Waals surface area contributed by atoms with Crippen molar-refractivity contribution in [1.82, 2.24) is 4.98 Å². The summed E-state index contributed by atoms with van der Waals surface area (Å²) in [4.78, 5) is 4.54. The smallest absolute Gasteiger partial charge is 0.134 e. The number of methoxy groups -OCH3 is 1. The number of benzene rings is 1. The standard InChI is InChI=1S/C17H20N2O2/c1-20-15-4-2-3-13-12(15)7-9-18-17(13)19-14-8-10-21-16(14)11-5-6-11/h2-4,7,9,11,14,16H,5-6,8,10H2,1H3,(H,18,19). The van der Waals surface area contributed by atoms with Crippen LogP contribution < -0.4 is 10.1 Å². The molecule has 0 amide bonds. The fraction of sp³-hybridized carbons (Fsp3) is 0.471. The molecule has 1 N–H and O–H groups in total. The number of hydrogen-bond acceptors (Lipinski definition) is 4. The molecule has 4 rings (SSSR count). The lowest BCUT2D eigenvalue weighted by molar-refractivity contribution is 0.0898. The quantitative estimate of drug-likeness (QED) is 0.936. The number of nitrogens with zero attached hydrogens (tertiary/aromatic N) is 1. The molecule has 1 saturated heterocycles. The Kier molecular flexibility index (Phi) is 3.19. The maximum absolute atomic E-state index is 5.90. The highest BCUT2D eigenvalue weighted by Crippen LogP contribution is 2.40. The number of rotatable bonds is 4. The predicted octanol–water partition coefficient (Wildman–Crippen LogP) is 3.22. The van der Waals surface area contributed by atoms with Crippen LogP contribution in [0.4, 0.5) is 5.82 Å². The molecule has 0 bridgehead atoms. The van der Waals surface area contributed by atoms with Gasteiger partial charge in [-0.2, -0.15) is 0 Å². The molecule has 1 aliphatic heterocycles. The van der Waals surface area contributed by atoms with Gasteiger partial charge in [-0.3, -0.25) is 0 Å². The van der Waals surface area contributed by atoms with Crippen LogP contribution in [0.15, 0.2) is 30.5 Å². The Morgan fingerprint density at radius 3 is 2.90 bits per heavy atom. The molecule has 2 unspecified atom stereocenters. The third-order valence-corrected chi connectivity index (χ3v) is 4.53. The van der Waals surface area contributed by atoms with Crippen molar-refractivity contribution in [2.75, 3.05) is 19.0 Å². The first-order valence-corrected chi connectivity index (χ1v) is 7.66. The highest BCUT2D eigenvalue weighted by Gasteiger charge is 2.40. The number of hydrogen-bond donors (Lipinski definition) is 1. The van der Waals surface area contributed by atoms with E-state index in [0.717, 1.165) is 41.3 Å². The SMILES string of the molecule is COc1cccc2c(NC3CCOC3C3CC3)nccc12. The molecule has 1 aromatic heterocycles. The Morgan fingerprint density at radius 1 is 1.19 bits per heavy atom. The second-order valence-electron chi connectivity index (χ2n) is 5.93. The van der Waals surface area contributed by atoms with Crippen molar-refractivity contribution < 1.29 is 9.47 Å². The van der Waals surface area contributed by atoms with Crippen LogP contribution in [0.25, 0.3) is 10.8 Å². The zero-order chi connectivity index (χ0) is 14.2. The van der Waals surface area contributed by atoms with Crippen LogP contribution in [0.1, 0.15) is 19.3 Å². The van der Waals surface area contributed by atoms with Crippen LogP contribution in [0.5, 0.6) is 5.75 Å². The van der Waals surface area contributed by atoms with Crippen LogP contribution in [-0.2, 0) is 4.74 Å². The Labute approximate surface area is 124 Å². The fourth-order valence-electron chi connectivity index (χ4n) is 3.30. The van der Waals surface area contributed by atoms with E-state index in [9.17, 15) is 0 Å². The zero-order valence-electron chi connectivity index (χ0n) is 12.2. The zero-order valence-corrected chi connectivity index (χ0v) is 12.2. The van der Waals surface area contributed by atoms with Crippen molar-refractivity contribution in [2.24, 2.45) is 5.92 Å². The van der Waals surface area contributed by atoms with E-state index < -0.39 is 0 Å². The Balaban J connectivity index is 1.67. The number of fused-ring (bicyclic) bond motifs is 1. The summed E-state index contributed by atoms with van der Waals surface area (Å²) in [6.45, 7) is 0.854. The van der Waals surface area contributed by atoms with Gasteiger partial charge in [0.15, 0.2) is 0 Å². The third-order valence-electron chi connectivity index (χ3n) is 4.53. The summed E-state index contributed by atoms with van der Waals surface area (Å²) >= 11 is 0. The van der Waals surface area contributed by atoms with Crippen LogP contribution in [0.3, 0.4) is 0 Å². The molecule has 1 aliphatic carbocycles. The summed E-state index contributed by atoms with van der Waals surface area (Å²) in [5.41, 5.74) is 0. The van der Waals surface area contributed by atoms with E-state index in [0.29, 0.717) is 12.1 Å².